The zero-order chi connectivity index (χ0) is 22.9. The zero-order valence-corrected chi connectivity index (χ0v) is 18.4. The standard InChI is InChI=1S/C28H27N3O2/c29-28(32)26-20-31-18-16-27(26)33-24-13-11-21(12-14-24)19-30-17-15-25(22-7-3-1-4-8-22)23-9-5-2-6-10-23/h1-14,16,18,20,25,30H,15,17,19H2,(H2,29,32). The van der Waals surface area contributed by atoms with Crippen LogP contribution in [0.5, 0.6) is 11.5 Å². The maximum Gasteiger partial charge on any atom is 0.254 e. The minimum Gasteiger partial charge on any atom is -0.456 e. The van der Waals surface area contributed by atoms with E-state index in [1.165, 1.54) is 17.3 Å². The number of hydrogen-bond donors (Lipinski definition) is 2. The van der Waals surface area contributed by atoms with E-state index < -0.39 is 5.91 Å². The SMILES string of the molecule is NC(=O)c1cnccc1Oc1ccc(CNCCC(c2ccccc2)c2ccccc2)cc1. The minimum absolute atomic E-state index is 0.259. The first kappa shape index (κ1) is 22.2. The Morgan fingerprint density at radius 1 is 0.879 bits per heavy atom. The fraction of sp³-hybridized carbons (Fsp3) is 0.143. The number of primary amides is 1. The molecule has 4 aromatic rings. The fourth-order valence-corrected chi connectivity index (χ4v) is 3.83. The van der Waals surface area contributed by atoms with Gasteiger partial charge in [0.15, 0.2) is 0 Å². The summed E-state index contributed by atoms with van der Waals surface area (Å²) in [7, 11) is 0. The molecule has 1 amide bonds. The lowest BCUT2D eigenvalue weighted by Gasteiger charge is -2.18. The van der Waals surface area contributed by atoms with Crippen molar-refractivity contribution in [3.63, 3.8) is 0 Å². The Hall–Kier alpha value is -3.96. The number of pyridine rings is 1. The molecule has 0 unspecified atom stereocenters. The van der Waals surface area contributed by atoms with Crippen molar-refractivity contribution in [1.29, 1.82) is 0 Å². The van der Waals surface area contributed by atoms with Crippen LogP contribution < -0.4 is 15.8 Å². The van der Waals surface area contributed by atoms with Gasteiger partial charge in [0.2, 0.25) is 0 Å². The van der Waals surface area contributed by atoms with Crippen LogP contribution in [0, 0.1) is 0 Å². The van der Waals surface area contributed by atoms with Crippen LogP contribution in [0.3, 0.4) is 0 Å². The van der Waals surface area contributed by atoms with E-state index in [2.05, 4.69) is 71.0 Å². The van der Waals surface area contributed by atoms with Crippen LogP contribution in [0.25, 0.3) is 0 Å². The van der Waals surface area contributed by atoms with E-state index in [4.69, 9.17) is 10.5 Å². The summed E-state index contributed by atoms with van der Waals surface area (Å²) in [6, 6.07) is 30.7. The number of benzene rings is 3. The summed E-state index contributed by atoms with van der Waals surface area (Å²) in [6.07, 6.45) is 3.99. The van der Waals surface area contributed by atoms with Gasteiger partial charge in [0.25, 0.3) is 5.91 Å². The third-order valence-electron chi connectivity index (χ3n) is 5.54. The van der Waals surface area contributed by atoms with E-state index in [0.29, 0.717) is 17.4 Å². The van der Waals surface area contributed by atoms with Crippen LogP contribution in [0.2, 0.25) is 0 Å². The molecule has 1 aromatic heterocycles. The van der Waals surface area contributed by atoms with Gasteiger partial charge in [0, 0.05) is 24.9 Å². The van der Waals surface area contributed by atoms with Crippen LogP contribution >= 0.6 is 0 Å². The van der Waals surface area contributed by atoms with Crippen LogP contribution in [0.1, 0.15) is 39.4 Å². The summed E-state index contributed by atoms with van der Waals surface area (Å²) in [4.78, 5) is 15.5. The lowest BCUT2D eigenvalue weighted by Crippen LogP contribution is -2.17. The summed E-state index contributed by atoms with van der Waals surface area (Å²) in [6.45, 7) is 1.66. The second kappa shape index (κ2) is 11.1. The van der Waals surface area contributed by atoms with Gasteiger partial charge < -0.3 is 15.8 Å². The Kier molecular flexibility index (Phi) is 7.46. The summed E-state index contributed by atoms with van der Waals surface area (Å²) in [5.41, 5.74) is 9.47. The molecule has 0 radical (unpaired) electrons. The zero-order valence-electron chi connectivity index (χ0n) is 18.4. The van der Waals surface area contributed by atoms with Gasteiger partial charge in [-0.25, -0.2) is 0 Å². The van der Waals surface area contributed by atoms with Gasteiger partial charge in [-0.2, -0.15) is 0 Å². The first-order valence-electron chi connectivity index (χ1n) is 11.0. The molecule has 0 spiro atoms. The number of nitrogens with one attached hydrogen (secondary N) is 1. The van der Waals surface area contributed by atoms with Gasteiger partial charge in [-0.15, -0.1) is 0 Å². The smallest absolute Gasteiger partial charge is 0.254 e. The van der Waals surface area contributed by atoms with E-state index >= 15 is 0 Å². The highest BCUT2D eigenvalue weighted by Crippen LogP contribution is 2.28. The summed E-state index contributed by atoms with van der Waals surface area (Å²) in [5, 5.41) is 3.55. The Labute approximate surface area is 194 Å². The topological polar surface area (TPSA) is 77.2 Å². The number of nitrogens with two attached hydrogens (primary N) is 1. The number of carbonyl (C=O) groups excluding carboxylic acids is 1. The van der Waals surface area contributed by atoms with E-state index in [0.717, 1.165) is 25.1 Å². The van der Waals surface area contributed by atoms with Crippen molar-refractivity contribution in [1.82, 2.24) is 10.3 Å². The first-order chi connectivity index (χ1) is 16.2. The molecule has 0 aliphatic heterocycles. The summed E-state index contributed by atoms with van der Waals surface area (Å²) in [5.74, 6) is 0.829. The Balaban J connectivity index is 1.33. The summed E-state index contributed by atoms with van der Waals surface area (Å²) < 4.78 is 5.82. The van der Waals surface area contributed by atoms with Gasteiger partial charge in [-0.1, -0.05) is 72.8 Å². The molecule has 166 valence electrons. The van der Waals surface area contributed by atoms with Crippen LogP contribution in [-0.2, 0) is 6.54 Å². The molecule has 5 nitrogen and oxygen atoms in total. The molecule has 0 saturated carbocycles. The molecule has 1 heterocycles. The number of amides is 1. The number of aromatic nitrogens is 1. The highest BCUT2D eigenvalue weighted by atomic mass is 16.5. The van der Waals surface area contributed by atoms with Gasteiger partial charge >= 0.3 is 0 Å². The largest absolute Gasteiger partial charge is 0.456 e. The van der Waals surface area contributed by atoms with Crippen LogP contribution in [0.4, 0.5) is 0 Å². The molecule has 0 saturated heterocycles. The molecule has 0 fully saturated rings. The maximum absolute atomic E-state index is 11.5. The number of hydrogen-bond acceptors (Lipinski definition) is 4. The second-order valence-electron chi connectivity index (χ2n) is 7.82. The lowest BCUT2D eigenvalue weighted by atomic mass is 9.88. The fourth-order valence-electron chi connectivity index (χ4n) is 3.83. The van der Waals surface area contributed by atoms with Crippen molar-refractivity contribution in [2.75, 3.05) is 6.54 Å². The first-order valence-corrected chi connectivity index (χ1v) is 11.0. The molecule has 3 aromatic carbocycles. The predicted molar refractivity (Wildman–Crippen MR) is 130 cm³/mol. The molecule has 33 heavy (non-hydrogen) atoms. The van der Waals surface area contributed by atoms with Crippen molar-refractivity contribution in [2.45, 2.75) is 18.9 Å². The average molecular weight is 438 g/mol. The molecule has 3 N–H and O–H groups in total. The normalized spacial score (nSPS) is 10.8. The number of ether oxygens (including phenoxy) is 1. The van der Waals surface area contributed by atoms with Crippen molar-refractivity contribution in [3.8, 4) is 11.5 Å². The van der Waals surface area contributed by atoms with Gasteiger partial charge in [0.05, 0.1) is 0 Å². The third-order valence-corrected chi connectivity index (χ3v) is 5.54. The highest BCUT2D eigenvalue weighted by Gasteiger charge is 2.13. The quantitative estimate of drug-likeness (QED) is 0.331. The van der Waals surface area contributed by atoms with Crippen LogP contribution in [-0.4, -0.2) is 17.4 Å². The molecule has 0 aliphatic carbocycles. The third kappa shape index (κ3) is 6.05. The molecular formula is C28H27N3O2. The van der Waals surface area contributed by atoms with Gasteiger partial charge in [0.1, 0.15) is 17.1 Å². The molecule has 0 bridgehead atoms. The van der Waals surface area contributed by atoms with Crippen molar-refractivity contribution in [2.24, 2.45) is 5.73 Å². The van der Waals surface area contributed by atoms with Crippen molar-refractivity contribution in [3.05, 3.63) is 126 Å². The van der Waals surface area contributed by atoms with E-state index in [9.17, 15) is 4.79 Å². The van der Waals surface area contributed by atoms with Gasteiger partial charge in [-0.05, 0) is 47.9 Å². The predicted octanol–water partition coefficient (Wildman–Crippen LogP) is 5.28. The molecule has 5 heteroatoms. The Morgan fingerprint density at radius 2 is 1.52 bits per heavy atom. The number of rotatable bonds is 10. The summed E-state index contributed by atoms with van der Waals surface area (Å²) >= 11 is 0. The number of carbonyl (C=O) groups is 1. The maximum atomic E-state index is 11.5. The van der Waals surface area contributed by atoms with Crippen molar-refractivity contribution < 1.29 is 9.53 Å². The number of nitrogens with zero attached hydrogens (tertiary/aromatic N) is 1. The Morgan fingerprint density at radius 3 is 2.12 bits per heavy atom. The van der Waals surface area contributed by atoms with E-state index in [1.54, 1.807) is 12.3 Å². The minimum atomic E-state index is -0.566. The van der Waals surface area contributed by atoms with E-state index in [1.807, 2.05) is 24.3 Å². The van der Waals surface area contributed by atoms with E-state index in [-0.39, 0.29) is 5.56 Å². The Bertz CT molecular complexity index is 1120. The van der Waals surface area contributed by atoms with Crippen LogP contribution in [0.15, 0.2) is 103 Å². The van der Waals surface area contributed by atoms with Gasteiger partial charge in [-0.3, -0.25) is 9.78 Å². The molecule has 4 rings (SSSR count). The average Bonchev–Trinajstić information content (AvgIpc) is 2.86. The molecular weight excluding hydrogens is 410 g/mol. The molecule has 0 atom stereocenters. The lowest BCUT2D eigenvalue weighted by molar-refractivity contribution is 0.0997. The highest BCUT2D eigenvalue weighted by molar-refractivity contribution is 5.95. The van der Waals surface area contributed by atoms with Crippen molar-refractivity contribution >= 4 is 5.91 Å². The second-order valence-corrected chi connectivity index (χ2v) is 7.82. The molecule has 0 aliphatic rings. The monoisotopic (exact) mass is 437 g/mol.